The molecule has 0 aromatic rings. The van der Waals surface area contributed by atoms with Gasteiger partial charge in [-0.3, -0.25) is 4.90 Å². The van der Waals surface area contributed by atoms with Gasteiger partial charge in [0, 0.05) is 51.8 Å². The average Bonchev–Trinajstić information content (AvgIpc) is 2.24. The third kappa shape index (κ3) is 6.63. The summed E-state index contributed by atoms with van der Waals surface area (Å²) in [4.78, 5) is 2.47. The largest absolute Gasteiger partial charge is 0.370 e. The summed E-state index contributed by atoms with van der Waals surface area (Å²) < 4.78 is 11.8. The number of hydrogen-bond acceptors (Lipinski definition) is 3. The normalized spacial score (nSPS) is 27.3. The van der Waals surface area contributed by atoms with Gasteiger partial charge in [-0.05, 0) is 34.2 Å². The first-order chi connectivity index (χ1) is 7.90. The first kappa shape index (κ1) is 19.3. The molecule has 1 fully saturated rings. The van der Waals surface area contributed by atoms with Crippen LogP contribution in [0, 0.1) is 0 Å². The maximum absolute atomic E-state index is 5.92. The number of ether oxygens (including phenoxy) is 1. The van der Waals surface area contributed by atoms with Crippen molar-refractivity contribution in [2.45, 2.75) is 58.5 Å². The summed E-state index contributed by atoms with van der Waals surface area (Å²) in [6.07, 6.45) is 4.62. The van der Waals surface area contributed by atoms with Crippen molar-refractivity contribution in [2.75, 3.05) is 19.7 Å². The van der Waals surface area contributed by atoms with Crippen LogP contribution in [0.2, 0.25) is 0 Å². The molecular formula is C13H28NO2PY. The minimum Gasteiger partial charge on any atom is -0.370 e. The molecule has 0 bridgehead atoms. The molecule has 0 N–H and O–H groups in total. The van der Waals surface area contributed by atoms with Crippen molar-refractivity contribution >= 4 is 14.1 Å². The number of hydrogen-bond donors (Lipinski definition) is 0. The summed E-state index contributed by atoms with van der Waals surface area (Å²) in [6, 6.07) is 0.582. The van der Waals surface area contributed by atoms with Crippen LogP contribution < -0.4 is 0 Å². The number of rotatable bonds is 5. The molecule has 1 rings (SSSR count). The first-order valence-corrected chi connectivity index (χ1v) is 8.30. The summed E-state index contributed by atoms with van der Waals surface area (Å²) in [6.45, 7) is 13.7. The Morgan fingerprint density at radius 2 is 1.94 bits per heavy atom. The third-order valence-electron chi connectivity index (χ3n) is 3.18. The topological polar surface area (TPSA) is 21.7 Å². The molecule has 105 valence electrons. The second-order valence-corrected chi connectivity index (χ2v) is 7.92. The molecular weight excluding hydrogens is 322 g/mol. The Morgan fingerprint density at radius 3 is 2.44 bits per heavy atom. The van der Waals surface area contributed by atoms with Crippen molar-refractivity contribution in [3.63, 3.8) is 0 Å². The van der Waals surface area contributed by atoms with Gasteiger partial charge in [-0.15, -0.1) is 0 Å². The van der Waals surface area contributed by atoms with Crippen LogP contribution in [-0.2, 0) is 42.0 Å². The standard InChI is InChI=1S/C13H28NO2P.Y/c1-10(2)14-7-12(5)16-13(8-14)9-15-17(6)11(3)4;/h10-13,17H,6-9H2,1-5H3;. The molecule has 3 atom stereocenters. The fourth-order valence-electron chi connectivity index (χ4n) is 1.96. The second kappa shape index (κ2) is 9.26. The van der Waals surface area contributed by atoms with Crippen LogP contribution in [0.5, 0.6) is 0 Å². The van der Waals surface area contributed by atoms with Gasteiger partial charge in [-0.2, -0.15) is 0 Å². The molecule has 1 saturated heterocycles. The van der Waals surface area contributed by atoms with Crippen molar-refractivity contribution < 1.29 is 42.0 Å². The zero-order valence-electron chi connectivity index (χ0n) is 12.5. The number of nitrogens with zero attached hydrogens (tertiary/aromatic N) is 1. The van der Waals surface area contributed by atoms with E-state index in [1.165, 1.54) is 0 Å². The smallest absolute Gasteiger partial charge is 0.0942 e. The monoisotopic (exact) mass is 350 g/mol. The van der Waals surface area contributed by atoms with Crippen LogP contribution in [0.4, 0.5) is 0 Å². The van der Waals surface area contributed by atoms with Crippen LogP contribution in [0.25, 0.3) is 0 Å². The van der Waals surface area contributed by atoms with E-state index < -0.39 is 7.77 Å². The Hall–Kier alpha value is 1.28. The van der Waals surface area contributed by atoms with E-state index in [2.05, 4.69) is 45.8 Å². The van der Waals surface area contributed by atoms with Crippen molar-refractivity contribution in [1.82, 2.24) is 4.90 Å². The van der Waals surface area contributed by atoms with E-state index in [0.29, 0.717) is 24.4 Å². The van der Waals surface area contributed by atoms with Crippen LogP contribution in [-0.4, -0.2) is 54.8 Å². The molecule has 0 amide bonds. The van der Waals surface area contributed by atoms with E-state index in [1.807, 2.05) is 0 Å². The van der Waals surface area contributed by atoms with E-state index in [1.54, 1.807) is 0 Å². The van der Waals surface area contributed by atoms with E-state index in [-0.39, 0.29) is 38.8 Å². The van der Waals surface area contributed by atoms with Crippen LogP contribution >= 0.6 is 7.77 Å². The SMILES string of the molecule is C=[PH](OCC1CN(C(C)C)CC(C)O1)C(C)C.[Y]. The molecule has 0 aromatic heterocycles. The average molecular weight is 350 g/mol. The summed E-state index contributed by atoms with van der Waals surface area (Å²) in [7, 11) is -0.908. The van der Waals surface area contributed by atoms with Crippen LogP contribution in [0.3, 0.4) is 0 Å². The van der Waals surface area contributed by atoms with Gasteiger partial charge in [-0.25, -0.2) is 0 Å². The molecule has 1 aliphatic rings. The van der Waals surface area contributed by atoms with Gasteiger partial charge >= 0.3 is 0 Å². The minimum absolute atomic E-state index is 0. The van der Waals surface area contributed by atoms with Crippen molar-refractivity contribution in [3.05, 3.63) is 0 Å². The van der Waals surface area contributed by atoms with Crippen molar-refractivity contribution in [1.29, 1.82) is 0 Å². The minimum atomic E-state index is -0.908. The Labute approximate surface area is 138 Å². The molecule has 0 aromatic carbocycles. The van der Waals surface area contributed by atoms with E-state index in [4.69, 9.17) is 9.26 Å². The fraction of sp³-hybridized carbons (Fsp3) is 0.923. The molecule has 0 saturated carbocycles. The molecule has 0 aliphatic carbocycles. The summed E-state index contributed by atoms with van der Waals surface area (Å²) in [5.41, 5.74) is 0.558. The van der Waals surface area contributed by atoms with Gasteiger partial charge in [0.05, 0.1) is 18.8 Å². The van der Waals surface area contributed by atoms with Crippen molar-refractivity contribution in [3.8, 4) is 0 Å². The Kier molecular flexibility index (Phi) is 9.92. The maximum Gasteiger partial charge on any atom is 0.0942 e. The Morgan fingerprint density at radius 1 is 1.33 bits per heavy atom. The fourth-order valence-corrected chi connectivity index (χ4v) is 2.69. The molecule has 1 aliphatic heterocycles. The maximum atomic E-state index is 5.92. The van der Waals surface area contributed by atoms with Gasteiger partial charge < -0.3 is 9.26 Å². The molecule has 18 heavy (non-hydrogen) atoms. The molecule has 1 heterocycles. The predicted molar refractivity (Wildman–Crippen MR) is 77.6 cm³/mol. The quantitative estimate of drug-likeness (QED) is 0.711. The van der Waals surface area contributed by atoms with E-state index in [9.17, 15) is 0 Å². The van der Waals surface area contributed by atoms with E-state index >= 15 is 0 Å². The van der Waals surface area contributed by atoms with Gasteiger partial charge in [0.15, 0.2) is 0 Å². The molecule has 3 nitrogen and oxygen atoms in total. The van der Waals surface area contributed by atoms with Crippen LogP contribution in [0.15, 0.2) is 0 Å². The zero-order valence-corrected chi connectivity index (χ0v) is 16.3. The second-order valence-electron chi connectivity index (χ2n) is 5.55. The van der Waals surface area contributed by atoms with Crippen LogP contribution in [0.1, 0.15) is 34.6 Å². The molecule has 0 spiro atoms. The zero-order chi connectivity index (χ0) is 13.0. The Bertz CT molecular complexity index is 261. The van der Waals surface area contributed by atoms with Gasteiger partial charge in [0.25, 0.3) is 0 Å². The van der Waals surface area contributed by atoms with Gasteiger partial charge in [-0.1, -0.05) is 20.1 Å². The van der Waals surface area contributed by atoms with E-state index in [0.717, 1.165) is 13.1 Å². The number of morpholine rings is 1. The summed E-state index contributed by atoms with van der Waals surface area (Å²) in [5.74, 6) is 0. The molecule has 5 heteroatoms. The summed E-state index contributed by atoms with van der Waals surface area (Å²) >= 11 is 0. The van der Waals surface area contributed by atoms with Gasteiger partial charge in [0.1, 0.15) is 0 Å². The Balaban J connectivity index is 0.00000289. The van der Waals surface area contributed by atoms with Gasteiger partial charge in [0.2, 0.25) is 0 Å². The first-order valence-electron chi connectivity index (χ1n) is 6.61. The molecule has 1 radical (unpaired) electrons. The van der Waals surface area contributed by atoms with Crippen molar-refractivity contribution in [2.24, 2.45) is 0 Å². The molecule has 3 unspecified atom stereocenters. The predicted octanol–water partition coefficient (Wildman–Crippen LogP) is 2.47. The summed E-state index contributed by atoms with van der Waals surface area (Å²) in [5, 5.41) is 0. The third-order valence-corrected chi connectivity index (χ3v) is 5.01.